The summed E-state index contributed by atoms with van der Waals surface area (Å²) in [4.78, 5) is 21.8. The first-order valence-electron chi connectivity index (χ1n) is 5.69. The van der Waals surface area contributed by atoms with Crippen molar-refractivity contribution in [3.8, 4) is 0 Å². The Morgan fingerprint density at radius 3 is 2.62 bits per heavy atom. The molecule has 2 rings (SSSR count). The molecule has 0 heterocycles. The molecular weight excluding hydrogens is 345 g/mol. The van der Waals surface area contributed by atoms with E-state index in [-0.39, 0.29) is 16.9 Å². The molecule has 0 saturated heterocycles. The van der Waals surface area contributed by atoms with Crippen molar-refractivity contribution in [1.29, 1.82) is 0 Å². The van der Waals surface area contributed by atoms with Crippen molar-refractivity contribution in [2.45, 2.75) is 0 Å². The third-order valence-electron chi connectivity index (χ3n) is 2.67. The van der Waals surface area contributed by atoms with E-state index in [0.717, 1.165) is 18.2 Å². The number of carbonyl (C=O) groups is 1. The zero-order valence-corrected chi connectivity index (χ0v) is 12.1. The Labute approximate surface area is 127 Å². The Bertz CT molecular complexity index is 737. The van der Waals surface area contributed by atoms with E-state index in [9.17, 15) is 19.3 Å². The zero-order chi connectivity index (χ0) is 15.6. The van der Waals surface area contributed by atoms with Crippen LogP contribution in [0.25, 0.3) is 0 Å². The number of hydrogen-bond acceptors (Lipinski definition) is 4. The number of hydrogen-bond donors (Lipinski definition) is 2. The van der Waals surface area contributed by atoms with E-state index < -0.39 is 22.3 Å². The molecular formula is C13H9BrFN3O3. The summed E-state index contributed by atoms with van der Waals surface area (Å²) in [6, 6.07) is 7.65. The minimum absolute atomic E-state index is 0.162. The molecule has 8 heteroatoms. The van der Waals surface area contributed by atoms with Gasteiger partial charge in [0.15, 0.2) is 5.82 Å². The van der Waals surface area contributed by atoms with Gasteiger partial charge in [-0.1, -0.05) is 15.9 Å². The van der Waals surface area contributed by atoms with Gasteiger partial charge in [-0.15, -0.1) is 0 Å². The first-order chi connectivity index (χ1) is 9.88. The third kappa shape index (κ3) is 3.34. The SMILES string of the molecule is Nc1ccc(Br)cc1C(=O)Nc1ccc([N+](=O)[O-])cc1F. The molecule has 0 bridgehead atoms. The minimum Gasteiger partial charge on any atom is -0.398 e. The Kier molecular flexibility index (Phi) is 4.18. The van der Waals surface area contributed by atoms with E-state index in [0.29, 0.717) is 4.47 Å². The summed E-state index contributed by atoms with van der Waals surface area (Å²) in [7, 11) is 0. The van der Waals surface area contributed by atoms with E-state index in [1.165, 1.54) is 12.1 Å². The molecule has 0 saturated carbocycles. The molecule has 0 radical (unpaired) electrons. The van der Waals surface area contributed by atoms with Gasteiger partial charge in [-0.3, -0.25) is 14.9 Å². The molecule has 21 heavy (non-hydrogen) atoms. The summed E-state index contributed by atoms with van der Waals surface area (Å²) in [5.41, 5.74) is 5.53. The maximum absolute atomic E-state index is 13.7. The Balaban J connectivity index is 2.27. The second kappa shape index (κ2) is 5.88. The van der Waals surface area contributed by atoms with Crippen LogP contribution in [-0.4, -0.2) is 10.8 Å². The quantitative estimate of drug-likeness (QED) is 0.502. The predicted octanol–water partition coefficient (Wildman–Crippen LogP) is 3.33. The number of nitrogens with two attached hydrogens (primary N) is 1. The second-order valence-corrected chi connectivity index (χ2v) is 5.02. The molecule has 0 aromatic heterocycles. The van der Waals surface area contributed by atoms with Gasteiger partial charge >= 0.3 is 0 Å². The van der Waals surface area contributed by atoms with E-state index >= 15 is 0 Å². The van der Waals surface area contributed by atoms with Crippen molar-refractivity contribution in [2.75, 3.05) is 11.1 Å². The highest BCUT2D eigenvalue weighted by Gasteiger charge is 2.15. The zero-order valence-electron chi connectivity index (χ0n) is 10.5. The van der Waals surface area contributed by atoms with Crippen molar-refractivity contribution in [2.24, 2.45) is 0 Å². The first-order valence-corrected chi connectivity index (χ1v) is 6.48. The fourth-order valence-electron chi connectivity index (χ4n) is 1.63. The van der Waals surface area contributed by atoms with Gasteiger partial charge in [0, 0.05) is 16.2 Å². The molecule has 0 atom stereocenters. The molecule has 2 aromatic rings. The van der Waals surface area contributed by atoms with Crippen LogP contribution < -0.4 is 11.1 Å². The Hall–Kier alpha value is -2.48. The average Bonchev–Trinajstić information content (AvgIpc) is 2.43. The van der Waals surface area contributed by atoms with Crippen LogP contribution in [0.2, 0.25) is 0 Å². The van der Waals surface area contributed by atoms with Crippen LogP contribution in [0.5, 0.6) is 0 Å². The topological polar surface area (TPSA) is 98.3 Å². The monoisotopic (exact) mass is 353 g/mol. The highest BCUT2D eigenvalue weighted by atomic mass is 79.9. The van der Waals surface area contributed by atoms with Crippen LogP contribution in [0.4, 0.5) is 21.5 Å². The molecule has 0 spiro atoms. The highest BCUT2D eigenvalue weighted by Crippen LogP contribution is 2.23. The van der Waals surface area contributed by atoms with Crippen molar-refractivity contribution >= 4 is 38.9 Å². The number of nitro benzene ring substituents is 1. The van der Waals surface area contributed by atoms with Crippen LogP contribution in [0, 0.1) is 15.9 Å². The summed E-state index contributed by atoms with van der Waals surface area (Å²) < 4.78 is 14.4. The van der Waals surface area contributed by atoms with Gasteiger partial charge in [-0.25, -0.2) is 4.39 Å². The molecule has 0 aliphatic heterocycles. The second-order valence-electron chi connectivity index (χ2n) is 4.11. The lowest BCUT2D eigenvalue weighted by Gasteiger charge is -2.08. The van der Waals surface area contributed by atoms with Gasteiger partial charge in [0.05, 0.1) is 22.2 Å². The van der Waals surface area contributed by atoms with Gasteiger partial charge in [-0.2, -0.15) is 0 Å². The highest BCUT2D eigenvalue weighted by molar-refractivity contribution is 9.10. The molecule has 108 valence electrons. The van der Waals surface area contributed by atoms with Gasteiger partial charge < -0.3 is 11.1 Å². The standard InChI is InChI=1S/C13H9BrFN3O3/c14-7-1-3-11(16)9(5-7)13(19)17-12-4-2-8(18(20)21)6-10(12)15/h1-6H,16H2,(H,17,19). The van der Waals surface area contributed by atoms with Crippen molar-refractivity contribution in [1.82, 2.24) is 0 Å². The summed E-state index contributed by atoms with van der Waals surface area (Å²) in [6.07, 6.45) is 0. The molecule has 6 nitrogen and oxygen atoms in total. The number of amides is 1. The van der Waals surface area contributed by atoms with Gasteiger partial charge in [0.2, 0.25) is 0 Å². The van der Waals surface area contributed by atoms with Gasteiger partial charge in [0.1, 0.15) is 0 Å². The Morgan fingerprint density at radius 2 is 2.00 bits per heavy atom. The number of non-ortho nitro benzene ring substituents is 1. The van der Waals surface area contributed by atoms with E-state index in [1.807, 2.05) is 0 Å². The number of anilines is 2. The predicted molar refractivity (Wildman–Crippen MR) is 79.6 cm³/mol. The Morgan fingerprint density at radius 1 is 1.29 bits per heavy atom. The van der Waals surface area contributed by atoms with Crippen molar-refractivity contribution < 1.29 is 14.1 Å². The van der Waals surface area contributed by atoms with E-state index in [1.54, 1.807) is 6.07 Å². The fraction of sp³-hybridized carbons (Fsp3) is 0. The molecule has 0 fully saturated rings. The van der Waals surface area contributed by atoms with Crippen LogP contribution in [0.15, 0.2) is 40.9 Å². The molecule has 0 aliphatic carbocycles. The third-order valence-corrected chi connectivity index (χ3v) is 3.16. The first kappa shape index (κ1) is 14.9. The lowest BCUT2D eigenvalue weighted by molar-refractivity contribution is -0.385. The van der Waals surface area contributed by atoms with Crippen LogP contribution in [0.1, 0.15) is 10.4 Å². The van der Waals surface area contributed by atoms with Crippen molar-refractivity contribution in [3.05, 3.63) is 62.4 Å². The van der Waals surface area contributed by atoms with Gasteiger partial charge in [-0.05, 0) is 24.3 Å². The van der Waals surface area contributed by atoms with E-state index in [2.05, 4.69) is 21.2 Å². The largest absolute Gasteiger partial charge is 0.398 e. The normalized spacial score (nSPS) is 10.2. The lowest BCUT2D eigenvalue weighted by Crippen LogP contribution is -2.15. The fourth-order valence-corrected chi connectivity index (χ4v) is 1.99. The van der Waals surface area contributed by atoms with E-state index in [4.69, 9.17) is 5.73 Å². The maximum Gasteiger partial charge on any atom is 0.272 e. The van der Waals surface area contributed by atoms with Crippen LogP contribution >= 0.6 is 15.9 Å². The summed E-state index contributed by atoms with van der Waals surface area (Å²) >= 11 is 3.21. The molecule has 3 N–H and O–H groups in total. The number of carbonyl (C=O) groups excluding carboxylic acids is 1. The molecule has 2 aromatic carbocycles. The number of rotatable bonds is 3. The summed E-state index contributed by atoms with van der Waals surface area (Å²) in [6.45, 7) is 0. The van der Waals surface area contributed by atoms with Crippen LogP contribution in [0.3, 0.4) is 0 Å². The maximum atomic E-state index is 13.7. The number of nitro groups is 1. The summed E-state index contributed by atoms with van der Waals surface area (Å²) in [5, 5.41) is 12.8. The lowest BCUT2D eigenvalue weighted by atomic mass is 10.1. The minimum atomic E-state index is -0.897. The molecule has 0 aliphatic rings. The average molecular weight is 354 g/mol. The molecule has 1 amide bonds. The van der Waals surface area contributed by atoms with Gasteiger partial charge in [0.25, 0.3) is 11.6 Å². The number of nitrogen functional groups attached to an aromatic ring is 1. The molecule has 0 unspecified atom stereocenters. The number of nitrogens with one attached hydrogen (secondary N) is 1. The van der Waals surface area contributed by atoms with Crippen LogP contribution in [-0.2, 0) is 0 Å². The smallest absolute Gasteiger partial charge is 0.272 e. The number of halogens is 2. The van der Waals surface area contributed by atoms with Crippen molar-refractivity contribution in [3.63, 3.8) is 0 Å². The number of nitrogens with zero attached hydrogens (tertiary/aromatic N) is 1. The number of benzene rings is 2. The summed E-state index contributed by atoms with van der Waals surface area (Å²) in [5.74, 6) is -1.51.